The summed E-state index contributed by atoms with van der Waals surface area (Å²) in [5.74, 6) is 0. The van der Waals surface area contributed by atoms with E-state index in [1.54, 1.807) is 5.32 Å². The van der Waals surface area contributed by atoms with E-state index in [9.17, 15) is 4.79 Å². The van der Waals surface area contributed by atoms with Gasteiger partial charge in [0.25, 0.3) is 0 Å². The van der Waals surface area contributed by atoms with Crippen LogP contribution in [0.15, 0.2) is 0 Å². The number of hydrogen-bond donors (Lipinski definition) is 1. The number of ether oxygens (including phenoxy) is 1. The molecule has 10 heavy (non-hydrogen) atoms. The maximum absolute atomic E-state index is 10.8. The molecule has 0 spiro atoms. The highest BCUT2D eigenvalue weighted by Gasteiger charge is 2.10. The van der Waals surface area contributed by atoms with Crippen molar-refractivity contribution >= 4 is 6.09 Å². The number of carbonyl (C=O) groups is 1. The van der Waals surface area contributed by atoms with Crippen LogP contribution >= 0.6 is 0 Å². The van der Waals surface area contributed by atoms with Crippen molar-refractivity contribution in [3.05, 3.63) is 0 Å². The molecule has 0 rings (SSSR count). The lowest BCUT2D eigenvalue weighted by atomic mass is 10.4. The van der Waals surface area contributed by atoms with E-state index in [0.29, 0.717) is 0 Å². The van der Waals surface area contributed by atoms with Gasteiger partial charge in [0.15, 0.2) is 0 Å². The van der Waals surface area contributed by atoms with Crippen molar-refractivity contribution in [3.63, 3.8) is 0 Å². The normalized spacial score (nSPS) is 10.6. The van der Waals surface area contributed by atoms with Crippen LogP contribution in [0.4, 0.5) is 4.79 Å². The minimum Gasteiger partial charge on any atom is -0.417 e. The monoisotopic (exact) mass is 146 g/mol. The molecule has 0 saturated carbocycles. The molecule has 0 aliphatic rings. The molecular weight excluding hydrogens is 130 g/mol. The lowest BCUT2D eigenvalue weighted by Crippen LogP contribution is -2.92. The molecule has 0 radical (unpaired) electrons. The number of carbonyl (C=O) groups excluding carboxylic acids is 1. The van der Waals surface area contributed by atoms with E-state index >= 15 is 0 Å². The predicted octanol–water partition coefficient (Wildman–Crippen LogP) is 0.503. The Bertz CT molecular complexity index is 98.2. The summed E-state index contributed by atoms with van der Waals surface area (Å²) >= 11 is 0. The third-order valence-corrected chi connectivity index (χ3v) is 0.821. The second-order valence-corrected chi connectivity index (χ2v) is 2.90. The average Bonchev–Trinajstić information content (AvgIpc) is 1.58. The fourth-order valence-electron chi connectivity index (χ4n) is 0.544. The first kappa shape index (κ1) is 9.43. The Morgan fingerprint density at radius 3 is 2.10 bits per heavy atom. The van der Waals surface area contributed by atoms with Crippen molar-refractivity contribution in [2.24, 2.45) is 0 Å². The summed E-state index contributed by atoms with van der Waals surface area (Å²) in [6.45, 7) is 7.57. The van der Waals surface area contributed by atoms with Gasteiger partial charge in [-0.25, -0.2) is 5.32 Å². The van der Waals surface area contributed by atoms with Crippen LogP contribution in [0.25, 0.3) is 0 Å². The molecule has 0 fully saturated rings. The molecule has 0 heterocycles. The highest BCUT2D eigenvalue weighted by Crippen LogP contribution is 1.84. The van der Waals surface area contributed by atoms with Crippen LogP contribution in [-0.2, 0) is 4.74 Å². The van der Waals surface area contributed by atoms with Gasteiger partial charge < -0.3 is 4.74 Å². The first-order valence-corrected chi connectivity index (χ1v) is 3.58. The molecular formula is C7H16NO2+. The standard InChI is InChI=1S/C7H15NO2/c1-5(2)8-7(9)10-6(3)4/h5-6H,1-4H3,(H,8,9)/p+1. The second kappa shape index (κ2) is 4.28. The second-order valence-electron chi connectivity index (χ2n) is 2.90. The van der Waals surface area contributed by atoms with Crippen molar-refractivity contribution in [1.82, 2.24) is 0 Å². The average molecular weight is 146 g/mol. The fraction of sp³-hybridized carbons (Fsp3) is 0.857. The molecule has 0 aromatic carbocycles. The Hall–Kier alpha value is -0.570. The third kappa shape index (κ3) is 5.56. The van der Waals surface area contributed by atoms with Crippen molar-refractivity contribution in [3.8, 4) is 0 Å². The molecule has 0 aromatic heterocycles. The number of rotatable bonds is 2. The zero-order chi connectivity index (χ0) is 8.15. The number of amides is 1. The van der Waals surface area contributed by atoms with Crippen LogP contribution in [0.1, 0.15) is 27.7 Å². The van der Waals surface area contributed by atoms with Crippen molar-refractivity contribution in [2.75, 3.05) is 0 Å². The van der Waals surface area contributed by atoms with Gasteiger partial charge in [-0.3, -0.25) is 0 Å². The smallest absolute Gasteiger partial charge is 0.417 e. The lowest BCUT2D eigenvalue weighted by Gasteiger charge is -2.06. The Balaban J connectivity index is 3.44. The fourth-order valence-corrected chi connectivity index (χ4v) is 0.544. The molecule has 0 aliphatic heterocycles. The summed E-state index contributed by atoms with van der Waals surface area (Å²) in [6.07, 6.45) is -0.229. The number of primary amides is 1. The van der Waals surface area contributed by atoms with Gasteiger partial charge in [0.05, 0.1) is 6.04 Å². The molecule has 0 unspecified atom stereocenters. The maximum atomic E-state index is 10.8. The van der Waals surface area contributed by atoms with Gasteiger partial charge >= 0.3 is 6.09 Å². The van der Waals surface area contributed by atoms with E-state index in [1.165, 1.54) is 0 Å². The molecule has 0 bridgehead atoms. The van der Waals surface area contributed by atoms with Crippen LogP contribution in [0.5, 0.6) is 0 Å². The topological polar surface area (TPSA) is 42.9 Å². The van der Waals surface area contributed by atoms with E-state index in [4.69, 9.17) is 4.74 Å². The lowest BCUT2D eigenvalue weighted by molar-refractivity contribution is -0.601. The van der Waals surface area contributed by atoms with E-state index in [1.807, 2.05) is 27.7 Å². The zero-order valence-electron chi connectivity index (χ0n) is 7.05. The molecule has 0 aliphatic carbocycles. The molecule has 1 amide bonds. The van der Waals surface area contributed by atoms with Crippen LogP contribution in [0.2, 0.25) is 0 Å². The summed E-state index contributed by atoms with van der Waals surface area (Å²) in [5.41, 5.74) is 0. The van der Waals surface area contributed by atoms with Crippen molar-refractivity contribution in [2.45, 2.75) is 39.8 Å². The summed E-state index contributed by atoms with van der Waals surface area (Å²) in [7, 11) is 0. The molecule has 3 nitrogen and oxygen atoms in total. The summed E-state index contributed by atoms with van der Waals surface area (Å²) in [4.78, 5) is 10.8. The van der Waals surface area contributed by atoms with Gasteiger partial charge in [-0.1, -0.05) is 0 Å². The van der Waals surface area contributed by atoms with Gasteiger partial charge in [-0.15, -0.1) is 0 Å². The summed E-state index contributed by atoms with van der Waals surface area (Å²) < 4.78 is 4.87. The van der Waals surface area contributed by atoms with E-state index in [2.05, 4.69) is 0 Å². The van der Waals surface area contributed by atoms with Gasteiger partial charge in [0.2, 0.25) is 0 Å². The van der Waals surface area contributed by atoms with Crippen molar-refractivity contribution in [1.29, 1.82) is 0 Å². The number of quaternary nitrogens is 1. The minimum absolute atomic E-state index is 0.0116. The van der Waals surface area contributed by atoms with Crippen LogP contribution in [0, 0.1) is 0 Å². The predicted molar refractivity (Wildman–Crippen MR) is 38.7 cm³/mol. The Morgan fingerprint density at radius 1 is 1.30 bits per heavy atom. The Labute approximate surface area is 61.8 Å². The third-order valence-electron chi connectivity index (χ3n) is 0.821. The number of hydrogen-bond acceptors (Lipinski definition) is 2. The minimum atomic E-state index is -0.218. The first-order valence-electron chi connectivity index (χ1n) is 3.58. The SMILES string of the molecule is CC(C)[NH2+]C(=O)OC(C)C. The van der Waals surface area contributed by atoms with E-state index < -0.39 is 0 Å². The zero-order valence-corrected chi connectivity index (χ0v) is 7.05. The molecule has 2 N–H and O–H groups in total. The van der Waals surface area contributed by atoms with Gasteiger partial charge in [0, 0.05) is 0 Å². The quantitative estimate of drug-likeness (QED) is 0.616. The molecule has 0 aromatic rings. The molecule has 60 valence electrons. The first-order chi connectivity index (χ1) is 4.52. The van der Waals surface area contributed by atoms with Gasteiger partial charge in [-0.05, 0) is 27.7 Å². The van der Waals surface area contributed by atoms with E-state index in [-0.39, 0.29) is 18.2 Å². The molecule has 0 atom stereocenters. The highest BCUT2D eigenvalue weighted by atomic mass is 16.6. The van der Waals surface area contributed by atoms with Crippen LogP contribution in [0.3, 0.4) is 0 Å². The van der Waals surface area contributed by atoms with Crippen LogP contribution in [-0.4, -0.2) is 18.2 Å². The highest BCUT2D eigenvalue weighted by molar-refractivity contribution is 5.55. The van der Waals surface area contributed by atoms with Crippen LogP contribution < -0.4 is 5.32 Å². The maximum Gasteiger partial charge on any atom is 0.513 e. The summed E-state index contributed by atoms with van der Waals surface area (Å²) in [6, 6.07) is 0.270. The molecule has 3 heteroatoms. The Morgan fingerprint density at radius 2 is 1.80 bits per heavy atom. The van der Waals surface area contributed by atoms with Gasteiger partial charge in [-0.2, -0.15) is 4.79 Å². The van der Waals surface area contributed by atoms with Gasteiger partial charge in [0.1, 0.15) is 6.10 Å². The Kier molecular flexibility index (Phi) is 4.03. The summed E-state index contributed by atoms with van der Waals surface area (Å²) in [5, 5.41) is 1.57. The van der Waals surface area contributed by atoms with Crippen molar-refractivity contribution < 1.29 is 14.8 Å². The number of nitrogens with two attached hydrogens (primary N) is 1. The van der Waals surface area contributed by atoms with E-state index in [0.717, 1.165) is 0 Å². The largest absolute Gasteiger partial charge is 0.513 e. The molecule has 0 saturated heterocycles.